The number of carbonyl (C=O) groups excluding carboxylic acids is 1. The van der Waals surface area contributed by atoms with Crippen molar-refractivity contribution in [3.8, 4) is 5.75 Å². The molecule has 4 nitrogen and oxygen atoms in total. The van der Waals surface area contributed by atoms with Gasteiger partial charge in [-0.2, -0.15) is 0 Å². The first-order valence-electron chi connectivity index (χ1n) is 6.34. The molecule has 2 aromatic carbocycles. The van der Waals surface area contributed by atoms with E-state index >= 15 is 0 Å². The van der Waals surface area contributed by atoms with Crippen molar-refractivity contribution in [3.63, 3.8) is 0 Å². The van der Waals surface area contributed by atoms with E-state index in [1.54, 1.807) is 43.5 Å². The van der Waals surface area contributed by atoms with Crippen molar-refractivity contribution < 1.29 is 9.90 Å². The Labute approximate surface area is 128 Å². The number of benzene rings is 2. The van der Waals surface area contributed by atoms with Gasteiger partial charge in [0.05, 0.1) is 0 Å². The zero-order chi connectivity index (χ0) is 15.2. The number of carbonyl (C=O) groups is 1. The predicted molar refractivity (Wildman–Crippen MR) is 85.5 cm³/mol. The Bertz CT molecular complexity index is 666. The van der Waals surface area contributed by atoms with Gasteiger partial charge in [-0.05, 0) is 54.5 Å². The lowest BCUT2D eigenvalue weighted by atomic mass is 10.2. The van der Waals surface area contributed by atoms with Crippen molar-refractivity contribution in [1.29, 1.82) is 0 Å². The van der Waals surface area contributed by atoms with Gasteiger partial charge in [-0.15, -0.1) is 0 Å². The predicted octanol–water partition coefficient (Wildman–Crippen LogP) is 4.15. The summed E-state index contributed by atoms with van der Waals surface area (Å²) in [5, 5.41) is 15.3. The number of phenols is 1. The smallest absolute Gasteiger partial charge is 0.323 e. The summed E-state index contributed by atoms with van der Waals surface area (Å²) in [6.45, 7) is 1.80. The van der Waals surface area contributed by atoms with Gasteiger partial charge in [0, 0.05) is 16.9 Å². The summed E-state index contributed by atoms with van der Waals surface area (Å²) in [5.74, 6) is 0.168. The zero-order valence-electron chi connectivity index (χ0n) is 11.4. The normalized spacial score (nSPS) is 10.6. The molecule has 0 bridgehead atoms. The number of urea groups is 1. The first-order chi connectivity index (χ1) is 10.0. The van der Waals surface area contributed by atoms with Gasteiger partial charge in [-0.3, -0.25) is 0 Å². The second-order valence-corrected chi connectivity index (χ2v) is 4.92. The fourth-order valence-corrected chi connectivity index (χ4v) is 1.86. The van der Waals surface area contributed by atoms with Gasteiger partial charge in [0.1, 0.15) is 5.75 Å². The third kappa shape index (κ3) is 4.54. The number of hydrogen-bond acceptors (Lipinski definition) is 2. The first-order valence-corrected chi connectivity index (χ1v) is 6.71. The van der Waals surface area contributed by atoms with E-state index in [1.165, 1.54) is 6.07 Å². The molecule has 0 aliphatic heterocycles. The van der Waals surface area contributed by atoms with Gasteiger partial charge in [0.15, 0.2) is 0 Å². The summed E-state index contributed by atoms with van der Waals surface area (Å²) in [7, 11) is 0. The molecule has 0 atom stereocenters. The standard InChI is InChI=1S/C16H15ClN2O2/c1-11-10-14(20)6-7-15(11)19-16(21)18-9-8-12-2-4-13(17)5-3-12/h2-10,20H,1H3,(H2,18,19,21)/b9-8+. The van der Waals surface area contributed by atoms with Crippen molar-refractivity contribution in [2.24, 2.45) is 0 Å². The van der Waals surface area contributed by atoms with Crippen molar-refractivity contribution in [2.75, 3.05) is 5.32 Å². The largest absolute Gasteiger partial charge is 0.508 e. The maximum Gasteiger partial charge on any atom is 0.323 e. The molecule has 0 saturated carbocycles. The number of rotatable bonds is 3. The molecule has 0 unspecified atom stereocenters. The van der Waals surface area contributed by atoms with E-state index in [4.69, 9.17) is 11.6 Å². The fraction of sp³-hybridized carbons (Fsp3) is 0.0625. The molecule has 21 heavy (non-hydrogen) atoms. The van der Waals surface area contributed by atoms with Crippen LogP contribution in [0.2, 0.25) is 5.02 Å². The van der Waals surface area contributed by atoms with Crippen LogP contribution < -0.4 is 10.6 Å². The molecule has 3 N–H and O–H groups in total. The minimum atomic E-state index is -0.353. The van der Waals surface area contributed by atoms with Gasteiger partial charge in [-0.25, -0.2) is 4.79 Å². The highest BCUT2D eigenvalue weighted by molar-refractivity contribution is 6.30. The zero-order valence-corrected chi connectivity index (χ0v) is 12.2. The monoisotopic (exact) mass is 302 g/mol. The minimum absolute atomic E-state index is 0.168. The van der Waals surface area contributed by atoms with Crippen LogP contribution in [0.4, 0.5) is 10.5 Å². The van der Waals surface area contributed by atoms with Gasteiger partial charge in [0.25, 0.3) is 0 Å². The number of phenolic OH excluding ortho intramolecular Hbond substituents is 1. The molecule has 2 rings (SSSR count). The molecule has 108 valence electrons. The molecule has 0 aromatic heterocycles. The van der Waals surface area contributed by atoms with Crippen LogP contribution in [-0.4, -0.2) is 11.1 Å². The molecule has 5 heteroatoms. The first kappa shape index (κ1) is 14.9. The number of nitrogens with one attached hydrogen (secondary N) is 2. The number of aryl methyl sites for hydroxylation is 1. The van der Waals surface area contributed by atoms with E-state index in [9.17, 15) is 9.90 Å². The Balaban J connectivity index is 1.91. The number of halogens is 1. The van der Waals surface area contributed by atoms with E-state index in [2.05, 4.69) is 10.6 Å². The molecule has 0 saturated heterocycles. The molecule has 0 radical (unpaired) electrons. The number of anilines is 1. The number of amides is 2. The maximum atomic E-state index is 11.7. The average molecular weight is 303 g/mol. The fourth-order valence-electron chi connectivity index (χ4n) is 1.73. The second kappa shape index (κ2) is 6.81. The van der Waals surface area contributed by atoms with Crippen LogP contribution in [0.5, 0.6) is 5.75 Å². The lowest BCUT2D eigenvalue weighted by Gasteiger charge is -2.08. The van der Waals surface area contributed by atoms with Crippen LogP contribution in [0.25, 0.3) is 6.08 Å². The van der Waals surface area contributed by atoms with Crippen LogP contribution in [-0.2, 0) is 0 Å². The summed E-state index contributed by atoms with van der Waals surface area (Å²) in [6, 6.07) is 11.7. The molecule has 2 aromatic rings. The van der Waals surface area contributed by atoms with E-state index < -0.39 is 0 Å². The van der Waals surface area contributed by atoms with E-state index in [0.29, 0.717) is 10.7 Å². The lowest BCUT2D eigenvalue weighted by Crippen LogP contribution is -2.24. The second-order valence-electron chi connectivity index (χ2n) is 4.48. The number of aromatic hydroxyl groups is 1. The third-order valence-corrected chi connectivity index (χ3v) is 3.07. The summed E-state index contributed by atoms with van der Waals surface area (Å²) in [4.78, 5) is 11.7. The van der Waals surface area contributed by atoms with Crippen LogP contribution in [0, 0.1) is 6.92 Å². The SMILES string of the molecule is Cc1cc(O)ccc1NC(=O)N/C=C/c1ccc(Cl)cc1. The van der Waals surface area contributed by atoms with Gasteiger partial charge >= 0.3 is 6.03 Å². The van der Waals surface area contributed by atoms with E-state index in [1.807, 2.05) is 12.1 Å². The summed E-state index contributed by atoms with van der Waals surface area (Å²) in [5.41, 5.74) is 2.36. The Morgan fingerprint density at radius 1 is 1.19 bits per heavy atom. The quantitative estimate of drug-likeness (QED) is 0.746. The van der Waals surface area contributed by atoms with E-state index in [0.717, 1.165) is 11.1 Å². The molecular weight excluding hydrogens is 288 g/mol. The molecule has 0 heterocycles. The van der Waals surface area contributed by atoms with Gasteiger partial charge < -0.3 is 15.7 Å². The Morgan fingerprint density at radius 2 is 1.90 bits per heavy atom. The molecular formula is C16H15ClN2O2. The average Bonchev–Trinajstić information content (AvgIpc) is 2.44. The summed E-state index contributed by atoms with van der Waals surface area (Å²) < 4.78 is 0. The third-order valence-electron chi connectivity index (χ3n) is 2.82. The van der Waals surface area contributed by atoms with Gasteiger partial charge in [-0.1, -0.05) is 23.7 Å². The highest BCUT2D eigenvalue weighted by atomic mass is 35.5. The van der Waals surface area contributed by atoms with Crippen LogP contribution in [0.1, 0.15) is 11.1 Å². The molecule has 0 fully saturated rings. The molecule has 2 amide bonds. The summed E-state index contributed by atoms with van der Waals surface area (Å²) in [6.07, 6.45) is 3.31. The van der Waals surface area contributed by atoms with Crippen molar-refractivity contribution in [1.82, 2.24) is 5.32 Å². The van der Waals surface area contributed by atoms with Crippen molar-refractivity contribution in [3.05, 3.63) is 64.8 Å². The Hall–Kier alpha value is -2.46. The maximum absolute atomic E-state index is 11.7. The van der Waals surface area contributed by atoms with Crippen molar-refractivity contribution >= 4 is 29.4 Å². The molecule has 0 aliphatic rings. The van der Waals surface area contributed by atoms with Crippen molar-refractivity contribution in [2.45, 2.75) is 6.92 Å². The highest BCUT2D eigenvalue weighted by Crippen LogP contribution is 2.19. The van der Waals surface area contributed by atoms with Crippen LogP contribution >= 0.6 is 11.6 Å². The van der Waals surface area contributed by atoms with Crippen LogP contribution in [0.3, 0.4) is 0 Å². The number of hydrogen-bond donors (Lipinski definition) is 3. The lowest BCUT2D eigenvalue weighted by molar-refractivity contribution is 0.255. The Kier molecular flexibility index (Phi) is 4.85. The minimum Gasteiger partial charge on any atom is -0.508 e. The Morgan fingerprint density at radius 3 is 2.57 bits per heavy atom. The van der Waals surface area contributed by atoms with Crippen LogP contribution in [0.15, 0.2) is 48.7 Å². The van der Waals surface area contributed by atoms with E-state index in [-0.39, 0.29) is 11.8 Å². The van der Waals surface area contributed by atoms with Gasteiger partial charge in [0.2, 0.25) is 0 Å². The topological polar surface area (TPSA) is 61.4 Å². The molecule has 0 aliphatic carbocycles. The summed E-state index contributed by atoms with van der Waals surface area (Å²) >= 11 is 5.79. The molecule has 0 spiro atoms. The highest BCUT2D eigenvalue weighted by Gasteiger charge is 2.03.